The van der Waals surface area contributed by atoms with Gasteiger partial charge in [-0.25, -0.2) is 13.1 Å². The van der Waals surface area contributed by atoms with Gasteiger partial charge in [-0.2, -0.15) is 9.46 Å². The van der Waals surface area contributed by atoms with Crippen molar-refractivity contribution < 1.29 is 23.8 Å². The van der Waals surface area contributed by atoms with Crippen molar-refractivity contribution in [2.75, 3.05) is 11.3 Å². The Labute approximate surface area is 213 Å². The maximum absolute atomic E-state index is 13.0. The zero-order chi connectivity index (χ0) is 25.6. The average Bonchev–Trinajstić information content (AvgIpc) is 3.15. The number of benzene rings is 2. The zero-order valence-corrected chi connectivity index (χ0v) is 21.2. The molecule has 36 heavy (non-hydrogen) atoms. The van der Waals surface area contributed by atoms with Gasteiger partial charge in [0.25, 0.3) is 5.56 Å². The highest BCUT2D eigenvalue weighted by Gasteiger charge is 2.32. The third-order valence-electron chi connectivity index (χ3n) is 5.57. The average molecular weight is 545 g/mol. The fourth-order valence-electron chi connectivity index (χ4n) is 3.87. The van der Waals surface area contributed by atoms with Crippen LogP contribution in [0.3, 0.4) is 0 Å². The lowest BCUT2D eigenvalue weighted by Gasteiger charge is -2.22. The number of hydrogen-bond acceptors (Lipinski definition) is 10. The van der Waals surface area contributed by atoms with Crippen LogP contribution in [0.1, 0.15) is 22.3 Å². The summed E-state index contributed by atoms with van der Waals surface area (Å²) < 4.78 is 29.4. The van der Waals surface area contributed by atoms with Crippen molar-refractivity contribution in [1.82, 2.24) is 9.71 Å². The van der Waals surface area contributed by atoms with Gasteiger partial charge in [0, 0.05) is 29.4 Å². The number of aromatic amines is 1. The second-order valence-corrected chi connectivity index (χ2v) is 11.7. The first-order valence-electron chi connectivity index (χ1n) is 10.6. The van der Waals surface area contributed by atoms with Crippen LogP contribution in [-0.2, 0) is 23.0 Å². The molecule has 10 nitrogen and oxygen atoms in total. The Morgan fingerprint density at radius 1 is 1.11 bits per heavy atom. The van der Waals surface area contributed by atoms with Crippen LogP contribution in [0.25, 0.3) is 10.9 Å². The lowest BCUT2D eigenvalue weighted by molar-refractivity contribution is 0.312. The second kappa shape index (κ2) is 9.26. The maximum Gasteiger partial charge on any atom is 0.263 e. The smallest absolute Gasteiger partial charge is 0.263 e. The molecule has 5 rings (SSSR count). The van der Waals surface area contributed by atoms with Gasteiger partial charge in [-0.05, 0) is 29.7 Å². The van der Waals surface area contributed by atoms with Gasteiger partial charge in [-0.15, -0.1) is 0 Å². The van der Waals surface area contributed by atoms with Crippen LogP contribution in [0, 0.1) is 0 Å². The predicted octanol–water partition coefficient (Wildman–Crippen LogP) is 3.30. The third kappa shape index (κ3) is 4.58. The summed E-state index contributed by atoms with van der Waals surface area (Å²) in [5.74, 6) is -0.563. The third-order valence-corrected chi connectivity index (χ3v) is 8.27. The lowest BCUT2D eigenvalue weighted by atomic mass is 10.0. The Morgan fingerprint density at radius 3 is 2.58 bits per heavy atom. The number of nitrogens with one attached hydrogen (secondary N) is 2. The summed E-state index contributed by atoms with van der Waals surface area (Å²) in [6, 6.07) is 15.2. The number of anilines is 1. The van der Waals surface area contributed by atoms with Crippen molar-refractivity contribution in [1.29, 1.82) is 0 Å². The number of hydrogen-bond donors (Lipinski definition) is 5. The molecule has 0 bridgehead atoms. The molecule has 0 radical (unpaired) electrons. The molecule has 5 N–H and O–H groups in total. The largest absolute Gasteiger partial charge is 0.506 e. The van der Waals surface area contributed by atoms with Gasteiger partial charge < -0.3 is 15.2 Å². The first kappa shape index (κ1) is 24.3. The van der Waals surface area contributed by atoms with Gasteiger partial charge in [-0.3, -0.25) is 10.0 Å². The lowest BCUT2D eigenvalue weighted by Crippen LogP contribution is -2.34. The Bertz CT molecular complexity index is 1680. The van der Waals surface area contributed by atoms with Gasteiger partial charge in [-0.1, -0.05) is 47.7 Å². The van der Waals surface area contributed by atoms with Crippen LogP contribution < -0.4 is 15.3 Å². The Balaban J connectivity index is 1.50. The number of rotatable bonds is 6. The highest BCUT2D eigenvalue weighted by atomic mass is 32.2. The Kier molecular flexibility index (Phi) is 6.26. The number of aromatic nitrogens is 1. The normalized spacial score (nSPS) is 13.6. The predicted molar refractivity (Wildman–Crippen MR) is 140 cm³/mol. The molecule has 186 valence electrons. The van der Waals surface area contributed by atoms with Crippen molar-refractivity contribution in [3.8, 4) is 10.8 Å². The Morgan fingerprint density at radius 2 is 1.86 bits per heavy atom. The molecular weight excluding hydrogens is 524 g/mol. The van der Waals surface area contributed by atoms with Crippen molar-refractivity contribution >= 4 is 55.0 Å². The number of H-pyrrole nitrogens is 1. The summed E-state index contributed by atoms with van der Waals surface area (Å²) in [7, 11) is -3.52. The fourth-order valence-corrected chi connectivity index (χ4v) is 6.24. The molecule has 2 aromatic heterocycles. The van der Waals surface area contributed by atoms with Gasteiger partial charge >= 0.3 is 0 Å². The highest BCUT2D eigenvalue weighted by molar-refractivity contribution is 7.98. The molecule has 13 heteroatoms. The van der Waals surface area contributed by atoms with Gasteiger partial charge in [0.1, 0.15) is 16.3 Å². The summed E-state index contributed by atoms with van der Waals surface area (Å²) in [5.41, 5.74) is 1.84. The minimum atomic E-state index is -3.52. The molecule has 1 aliphatic rings. The minimum absolute atomic E-state index is 0.143. The number of thiophene rings is 1. The maximum atomic E-state index is 13.0. The second-order valence-electron chi connectivity index (χ2n) is 8.15. The number of fused-ring (bicyclic) bond motifs is 2. The molecule has 0 saturated carbocycles. The summed E-state index contributed by atoms with van der Waals surface area (Å²) in [6.07, 6.45) is 1.64. The molecule has 0 fully saturated rings. The van der Waals surface area contributed by atoms with Crippen LogP contribution in [0.5, 0.6) is 10.8 Å². The zero-order valence-electron chi connectivity index (χ0n) is 18.7. The molecule has 2 aromatic carbocycles. The summed E-state index contributed by atoms with van der Waals surface area (Å²) >= 11 is 1.65. The Hall–Kier alpha value is -3.36. The topological polar surface area (TPSA) is 155 Å². The molecule has 0 spiro atoms. The SMILES string of the molecule is CS(=O)(=O)NCc1c(O)sc2c1SN=C(c1c(O)c3ccc(Cc4ccccc4)cc3[nH]c1=O)N2O. The summed E-state index contributed by atoms with van der Waals surface area (Å²) in [5, 5.41) is 33.1. The molecule has 4 aromatic rings. The van der Waals surface area contributed by atoms with Crippen molar-refractivity contribution in [3.05, 3.63) is 81.1 Å². The van der Waals surface area contributed by atoms with Crippen molar-refractivity contribution in [2.24, 2.45) is 4.40 Å². The van der Waals surface area contributed by atoms with E-state index in [9.17, 15) is 28.6 Å². The highest BCUT2D eigenvalue weighted by Crippen LogP contribution is 2.49. The fraction of sp³-hybridized carbons (Fsp3) is 0.130. The van der Waals surface area contributed by atoms with E-state index >= 15 is 0 Å². The molecule has 0 saturated heterocycles. The van der Waals surface area contributed by atoms with Crippen molar-refractivity contribution in [2.45, 2.75) is 17.9 Å². The van der Waals surface area contributed by atoms with Crippen LogP contribution in [0.15, 0.2) is 62.6 Å². The van der Waals surface area contributed by atoms with E-state index in [2.05, 4.69) is 14.1 Å². The minimum Gasteiger partial charge on any atom is -0.506 e. The van der Waals surface area contributed by atoms with Gasteiger partial charge in [0.15, 0.2) is 10.9 Å². The summed E-state index contributed by atoms with van der Waals surface area (Å²) in [4.78, 5) is 16.1. The summed E-state index contributed by atoms with van der Waals surface area (Å²) in [6.45, 7) is -0.199. The van der Waals surface area contributed by atoms with Crippen LogP contribution in [0.2, 0.25) is 0 Å². The van der Waals surface area contributed by atoms with Crippen LogP contribution in [-0.4, -0.2) is 40.9 Å². The molecule has 3 heterocycles. The molecule has 0 unspecified atom stereocenters. The number of amidine groups is 1. The van der Waals surface area contributed by atoms with Gasteiger partial charge in [0.2, 0.25) is 10.0 Å². The first-order chi connectivity index (χ1) is 17.1. The van der Waals surface area contributed by atoms with E-state index in [-0.39, 0.29) is 39.3 Å². The quantitative estimate of drug-likeness (QED) is 0.232. The molecule has 0 aliphatic carbocycles. The van der Waals surface area contributed by atoms with E-state index in [1.807, 2.05) is 36.4 Å². The van der Waals surface area contributed by atoms with Gasteiger partial charge in [0.05, 0.1) is 16.7 Å². The number of aromatic hydroxyl groups is 2. The van der Waals surface area contributed by atoms with Crippen LogP contribution in [0.4, 0.5) is 5.00 Å². The van der Waals surface area contributed by atoms with E-state index in [1.54, 1.807) is 12.1 Å². The molecular formula is C23H20N4O6S3. The van der Waals surface area contributed by atoms with E-state index < -0.39 is 15.6 Å². The number of hydroxylamine groups is 1. The van der Waals surface area contributed by atoms with E-state index in [1.165, 1.54) is 0 Å². The molecule has 1 aliphatic heterocycles. The van der Waals surface area contributed by atoms with E-state index in [0.29, 0.717) is 27.3 Å². The van der Waals surface area contributed by atoms with Crippen LogP contribution >= 0.6 is 23.3 Å². The number of sulfonamides is 1. The standard InChI is InChI=1S/C23H20N4O6S3/c1-36(32,33)24-11-15-19-22(34-23(15)30)27(31)20(26-35-19)17-18(28)14-8-7-13(10-16(14)25-21(17)29)9-12-5-3-2-4-6-12/h2-8,10,24,30-31H,9,11H2,1H3,(H2,25,28,29). The van der Waals surface area contributed by atoms with E-state index in [0.717, 1.165) is 40.7 Å². The molecule has 0 amide bonds. The molecule has 0 atom stereocenters. The first-order valence-corrected chi connectivity index (χ1v) is 14.1. The number of nitrogens with zero attached hydrogens (tertiary/aromatic N) is 2. The monoisotopic (exact) mass is 544 g/mol. The number of pyridine rings is 1. The van der Waals surface area contributed by atoms with Crippen molar-refractivity contribution in [3.63, 3.8) is 0 Å². The van der Waals surface area contributed by atoms with E-state index in [4.69, 9.17) is 0 Å².